The molecule has 0 aliphatic carbocycles. The third-order valence-corrected chi connectivity index (χ3v) is 9.54. The van der Waals surface area contributed by atoms with Crippen LogP contribution in [0.25, 0.3) is 0 Å². The van der Waals surface area contributed by atoms with E-state index in [0.717, 1.165) is 46.8 Å². The van der Waals surface area contributed by atoms with E-state index in [1.165, 1.54) is 0 Å². The molecule has 4 aromatic rings. The number of anilines is 1. The molecule has 3 atom stereocenters. The summed E-state index contributed by atoms with van der Waals surface area (Å²) in [5.74, 6) is -0.190. The second kappa shape index (κ2) is 16.2. The number of thioether (sulfide) groups is 1. The van der Waals surface area contributed by atoms with Crippen molar-refractivity contribution < 1.29 is 19.4 Å². The molecule has 0 spiro atoms. The van der Waals surface area contributed by atoms with Crippen LogP contribution in [-0.4, -0.2) is 54.2 Å². The standard InChI is InChI=1S/C35H35Cl2N3O4S/c36-29-18-17-28(19-30(29)37)45-22-27-21-38-20-26(44-27)16-15-23-9-7-8-14-31(23)39-34(41)33(40-35(42)43)32(24-10-3-1-4-11-24)25-12-5-2-6-13-25/h1-14,17-19,26-27,32-33,38,40H,15-16,20-22H2,(H,39,41)(H,42,43)/t26-,27+,33+/m1/s1. The number of amides is 2. The van der Waals surface area contributed by atoms with E-state index in [2.05, 4.69) is 16.0 Å². The highest BCUT2D eigenvalue weighted by Crippen LogP contribution is 2.31. The van der Waals surface area contributed by atoms with E-state index in [1.807, 2.05) is 97.1 Å². The summed E-state index contributed by atoms with van der Waals surface area (Å²) in [5.41, 5.74) is 3.27. The number of rotatable bonds is 12. The number of aryl methyl sites for hydroxylation is 1. The molecule has 1 aliphatic rings. The highest BCUT2D eigenvalue weighted by molar-refractivity contribution is 7.99. The Balaban J connectivity index is 1.25. The van der Waals surface area contributed by atoms with Gasteiger partial charge in [-0.2, -0.15) is 0 Å². The second-order valence-electron chi connectivity index (χ2n) is 10.8. The number of carbonyl (C=O) groups is 2. The van der Waals surface area contributed by atoms with E-state index in [4.69, 9.17) is 27.9 Å². The lowest BCUT2D eigenvalue weighted by molar-refractivity contribution is -0.118. The van der Waals surface area contributed by atoms with Gasteiger partial charge in [0.25, 0.3) is 0 Å². The average Bonchev–Trinajstić information content (AvgIpc) is 3.05. The SMILES string of the molecule is O=C(O)N[C@H](C(=O)Nc1ccccc1CC[C@@H]1CNC[C@@H](CSc2ccc(Cl)c(Cl)c2)O1)C(c1ccccc1)c1ccccc1. The van der Waals surface area contributed by atoms with Crippen molar-refractivity contribution in [3.8, 4) is 0 Å². The molecule has 0 unspecified atom stereocenters. The van der Waals surface area contributed by atoms with Crippen molar-refractivity contribution in [2.75, 3.05) is 24.2 Å². The first-order valence-corrected chi connectivity index (χ1v) is 16.5. The number of carboxylic acid groups (broad SMARTS) is 1. The maximum Gasteiger partial charge on any atom is 0.405 e. The molecule has 0 radical (unpaired) electrons. The first kappa shape index (κ1) is 32.9. The van der Waals surface area contributed by atoms with Crippen LogP contribution in [0.5, 0.6) is 0 Å². The Hall–Kier alpha value is -3.53. The Kier molecular flexibility index (Phi) is 11.8. The molecule has 2 amide bonds. The Labute approximate surface area is 277 Å². The molecule has 1 saturated heterocycles. The first-order chi connectivity index (χ1) is 21.9. The Bertz CT molecular complexity index is 1540. The van der Waals surface area contributed by atoms with Crippen molar-refractivity contribution in [2.45, 2.75) is 41.9 Å². The highest BCUT2D eigenvalue weighted by atomic mass is 35.5. The molecular formula is C35H35Cl2N3O4S. The minimum atomic E-state index is -1.27. The fraction of sp³-hybridized carbons (Fsp3) is 0.257. The zero-order valence-electron chi connectivity index (χ0n) is 24.5. The van der Waals surface area contributed by atoms with Gasteiger partial charge in [0.2, 0.25) is 5.91 Å². The number of morpholine rings is 1. The quantitative estimate of drug-likeness (QED) is 0.117. The van der Waals surface area contributed by atoms with E-state index < -0.39 is 24.0 Å². The molecular weight excluding hydrogens is 629 g/mol. The molecule has 1 fully saturated rings. The molecule has 4 N–H and O–H groups in total. The molecule has 0 saturated carbocycles. The number of carbonyl (C=O) groups excluding carboxylic acids is 1. The van der Waals surface area contributed by atoms with Crippen molar-refractivity contribution in [3.05, 3.63) is 130 Å². The number of para-hydroxylation sites is 1. The molecule has 0 bridgehead atoms. The van der Waals surface area contributed by atoms with Gasteiger partial charge in [0.1, 0.15) is 6.04 Å². The summed E-state index contributed by atoms with van der Waals surface area (Å²) in [7, 11) is 0. The Morgan fingerprint density at radius 3 is 2.18 bits per heavy atom. The molecule has 7 nitrogen and oxygen atoms in total. The summed E-state index contributed by atoms with van der Waals surface area (Å²) < 4.78 is 6.41. The zero-order chi connectivity index (χ0) is 31.6. The maximum absolute atomic E-state index is 13.9. The largest absolute Gasteiger partial charge is 0.465 e. The maximum atomic E-state index is 13.9. The summed E-state index contributed by atoms with van der Waals surface area (Å²) in [4.78, 5) is 26.9. The van der Waals surface area contributed by atoms with Crippen LogP contribution in [0.2, 0.25) is 10.0 Å². The zero-order valence-corrected chi connectivity index (χ0v) is 26.8. The third-order valence-electron chi connectivity index (χ3n) is 7.68. The van der Waals surface area contributed by atoms with E-state index in [0.29, 0.717) is 22.2 Å². The lowest BCUT2D eigenvalue weighted by Crippen LogP contribution is -2.47. The molecule has 0 aromatic heterocycles. The minimum Gasteiger partial charge on any atom is -0.465 e. The average molecular weight is 665 g/mol. The van der Waals surface area contributed by atoms with Crippen molar-refractivity contribution in [1.82, 2.24) is 10.6 Å². The van der Waals surface area contributed by atoms with Crippen LogP contribution >= 0.6 is 35.0 Å². The van der Waals surface area contributed by atoms with E-state index in [9.17, 15) is 14.7 Å². The first-order valence-electron chi connectivity index (χ1n) is 14.8. The Morgan fingerprint density at radius 1 is 0.867 bits per heavy atom. The van der Waals surface area contributed by atoms with Crippen LogP contribution in [-0.2, 0) is 16.0 Å². The number of hydrogen-bond acceptors (Lipinski definition) is 5. The number of ether oxygens (including phenoxy) is 1. The summed E-state index contributed by atoms with van der Waals surface area (Å²) in [6.45, 7) is 1.50. The monoisotopic (exact) mass is 663 g/mol. The summed E-state index contributed by atoms with van der Waals surface area (Å²) in [6.07, 6.45) is 0.195. The van der Waals surface area contributed by atoms with Gasteiger partial charge in [-0.1, -0.05) is 102 Å². The second-order valence-corrected chi connectivity index (χ2v) is 12.7. The molecule has 45 heavy (non-hydrogen) atoms. The topological polar surface area (TPSA) is 99.7 Å². The molecule has 1 heterocycles. The summed E-state index contributed by atoms with van der Waals surface area (Å²) in [6, 6.07) is 31.1. The molecule has 1 aliphatic heterocycles. The molecule has 234 valence electrons. The van der Waals surface area contributed by atoms with Gasteiger partial charge < -0.3 is 25.8 Å². The van der Waals surface area contributed by atoms with Crippen LogP contribution in [0.3, 0.4) is 0 Å². The van der Waals surface area contributed by atoms with Crippen LogP contribution in [0.15, 0.2) is 108 Å². The van der Waals surface area contributed by atoms with Crippen LogP contribution in [0.1, 0.15) is 29.0 Å². The van der Waals surface area contributed by atoms with Gasteiger partial charge in [0.15, 0.2) is 0 Å². The molecule has 10 heteroatoms. The summed E-state index contributed by atoms with van der Waals surface area (Å²) >= 11 is 13.9. The third kappa shape index (κ3) is 9.25. The van der Waals surface area contributed by atoms with Crippen LogP contribution < -0.4 is 16.0 Å². The normalized spacial score (nSPS) is 17.0. The van der Waals surface area contributed by atoms with Crippen molar-refractivity contribution in [3.63, 3.8) is 0 Å². The van der Waals surface area contributed by atoms with E-state index in [1.54, 1.807) is 17.8 Å². The van der Waals surface area contributed by atoms with Gasteiger partial charge in [-0.25, -0.2) is 4.79 Å². The lowest BCUT2D eigenvalue weighted by Gasteiger charge is -2.31. The summed E-state index contributed by atoms with van der Waals surface area (Å²) in [5, 5.41) is 19.8. The van der Waals surface area contributed by atoms with Gasteiger partial charge in [-0.15, -0.1) is 11.8 Å². The Morgan fingerprint density at radius 2 is 1.51 bits per heavy atom. The van der Waals surface area contributed by atoms with Crippen LogP contribution in [0.4, 0.5) is 10.5 Å². The minimum absolute atomic E-state index is 0.00359. The van der Waals surface area contributed by atoms with Crippen molar-refractivity contribution in [2.24, 2.45) is 0 Å². The molecule has 5 rings (SSSR count). The lowest BCUT2D eigenvalue weighted by atomic mass is 9.84. The molecule has 4 aromatic carbocycles. The van der Waals surface area contributed by atoms with Gasteiger partial charge in [-0.3, -0.25) is 4.79 Å². The highest BCUT2D eigenvalue weighted by Gasteiger charge is 2.33. The predicted molar refractivity (Wildman–Crippen MR) is 182 cm³/mol. The fourth-order valence-electron chi connectivity index (χ4n) is 5.52. The van der Waals surface area contributed by atoms with Crippen molar-refractivity contribution >= 4 is 52.7 Å². The number of hydrogen-bond donors (Lipinski definition) is 4. The number of benzene rings is 4. The van der Waals surface area contributed by atoms with Gasteiger partial charge in [0.05, 0.1) is 22.3 Å². The van der Waals surface area contributed by atoms with E-state index >= 15 is 0 Å². The van der Waals surface area contributed by atoms with Gasteiger partial charge >= 0.3 is 6.09 Å². The smallest absolute Gasteiger partial charge is 0.405 e. The van der Waals surface area contributed by atoms with Gasteiger partial charge in [-0.05, 0) is 53.8 Å². The van der Waals surface area contributed by atoms with Crippen molar-refractivity contribution in [1.29, 1.82) is 0 Å². The van der Waals surface area contributed by atoms with Crippen LogP contribution in [0, 0.1) is 0 Å². The van der Waals surface area contributed by atoms with E-state index in [-0.39, 0.29) is 12.2 Å². The van der Waals surface area contributed by atoms with Gasteiger partial charge in [0, 0.05) is 35.3 Å². The fourth-order valence-corrected chi connectivity index (χ4v) is 6.82. The number of nitrogens with one attached hydrogen (secondary N) is 3. The number of halogens is 2. The predicted octanol–water partition coefficient (Wildman–Crippen LogP) is 7.48.